The lowest BCUT2D eigenvalue weighted by atomic mass is 10.2. The number of halogens is 2. The molecule has 0 amide bonds. The standard InChI is InChI=1S/C15H13BrClN3S/c1-2-11-7-12-13(19-15(17)20-14(12)21-11)18-8-9-3-5-10(16)6-4-9/h3-7H,2,8H2,1H3,(H,18,19,20). The summed E-state index contributed by atoms with van der Waals surface area (Å²) in [6.45, 7) is 2.84. The van der Waals surface area contributed by atoms with Gasteiger partial charge in [0, 0.05) is 15.9 Å². The number of nitrogens with zero attached hydrogens (tertiary/aromatic N) is 2. The van der Waals surface area contributed by atoms with Crippen LogP contribution in [0.25, 0.3) is 10.2 Å². The maximum atomic E-state index is 6.02. The molecule has 0 aliphatic rings. The minimum absolute atomic E-state index is 0.283. The largest absolute Gasteiger partial charge is 0.365 e. The summed E-state index contributed by atoms with van der Waals surface area (Å²) in [6.07, 6.45) is 0.991. The molecule has 108 valence electrons. The van der Waals surface area contributed by atoms with Gasteiger partial charge in [-0.3, -0.25) is 0 Å². The Kier molecular flexibility index (Phi) is 4.42. The molecule has 3 rings (SSSR count). The summed E-state index contributed by atoms with van der Waals surface area (Å²) in [7, 11) is 0. The minimum atomic E-state index is 0.283. The van der Waals surface area contributed by atoms with Gasteiger partial charge >= 0.3 is 0 Å². The average Bonchev–Trinajstić information content (AvgIpc) is 2.89. The fourth-order valence-corrected chi connectivity index (χ4v) is 3.49. The van der Waals surface area contributed by atoms with E-state index >= 15 is 0 Å². The van der Waals surface area contributed by atoms with Crippen molar-refractivity contribution in [2.45, 2.75) is 19.9 Å². The number of rotatable bonds is 4. The van der Waals surface area contributed by atoms with Crippen LogP contribution in [0.2, 0.25) is 5.28 Å². The van der Waals surface area contributed by atoms with Gasteiger partial charge in [0.1, 0.15) is 10.6 Å². The molecule has 0 aliphatic heterocycles. The molecule has 0 saturated carbocycles. The van der Waals surface area contributed by atoms with E-state index < -0.39 is 0 Å². The summed E-state index contributed by atoms with van der Waals surface area (Å²) < 4.78 is 1.07. The molecule has 0 radical (unpaired) electrons. The molecular weight excluding hydrogens is 370 g/mol. The van der Waals surface area contributed by atoms with Crippen LogP contribution >= 0.6 is 38.9 Å². The monoisotopic (exact) mass is 381 g/mol. The van der Waals surface area contributed by atoms with Gasteiger partial charge in [-0.25, -0.2) is 9.97 Å². The van der Waals surface area contributed by atoms with Crippen LogP contribution in [0, 0.1) is 0 Å². The molecule has 2 aromatic heterocycles. The van der Waals surface area contributed by atoms with E-state index in [0.717, 1.165) is 26.9 Å². The Morgan fingerprint density at radius 3 is 2.71 bits per heavy atom. The number of thiophene rings is 1. The van der Waals surface area contributed by atoms with E-state index in [1.165, 1.54) is 10.4 Å². The highest BCUT2D eigenvalue weighted by Crippen LogP contribution is 2.30. The Hall–Kier alpha value is -1.17. The Morgan fingerprint density at radius 2 is 2.00 bits per heavy atom. The molecule has 1 aromatic carbocycles. The van der Waals surface area contributed by atoms with Gasteiger partial charge < -0.3 is 5.32 Å². The van der Waals surface area contributed by atoms with Gasteiger partial charge in [-0.05, 0) is 41.8 Å². The third kappa shape index (κ3) is 3.36. The van der Waals surface area contributed by atoms with Crippen LogP contribution in [0.4, 0.5) is 5.82 Å². The highest BCUT2D eigenvalue weighted by molar-refractivity contribution is 9.10. The Morgan fingerprint density at radius 1 is 1.24 bits per heavy atom. The van der Waals surface area contributed by atoms with E-state index in [9.17, 15) is 0 Å². The quantitative estimate of drug-likeness (QED) is 0.624. The third-order valence-corrected chi connectivity index (χ3v) is 5.01. The molecule has 0 aliphatic carbocycles. The number of nitrogens with one attached hydrogen (secondary N) is 1. The molecule has 3 nitrogen and oxygen atoms in total. The number of aryl methyl sites for hydroxylation is 1. The lowest BCUT2D eigenvalue weighted by Gasteiger charge is -2.07. The summed E-state index contributed by atoms with van der Waals surface area (Å²) in [6, 6.07) is 10.3. The van der Waals surface area contributed by atoms with Gasteiger partial charge in [0.05, 0.1) is 5.39 Å². The van der Waals surface area contributed by atoms with Gasteiger partial charge in [-0.15, -0.1) is 11.3 Å². The van der Waals surface area contributed by atoms with Gasteiger partial charge in [-0.2, -0.15) is 0 Å². The molecule has 0 saturated heterocycles. The number of hydrogen-bond acceptors (Lipinski definition) is 4. The summed E-state index contributed by atoms with van der Waals surface area (Å²) in [5.41, 5.74) is 1.19. The number of fused-ring (bicyclic) bond motifs is 1. The second kappa shape index (κ2) is 6.30. The summed E-state index contributed by atoms with van der Waals surface area (Å²) >= 11 is 11.1. The molecule has 1 N–H and O–H groups in total. The fraction of sp³-hybridized carbons (Fsp3) is 0.200. The first-order chi connectivity index (χ1) is 10.2. The van der Waals surface area contributed by atoms with Crippen molar-refractivity contribution >= 4 is 54.9 Å². The smallest absolute Gasteiger partial charge is 0.225 e. The molecule has 6 heteroatoms. The fourth-order valence-electron chi connectivity index (χ4n) is 2.04. The Bertz CT molecular complexity index is 770. The number of benzene rings is 1. The normalized spacial score (nSPS) is 11.0. The molecule has 3 aromatic rings. The zero-order valence-electron chi connectivity index (χ0n) is 11.4. The summed E-state index contributed by atoms with van der Waals surface area (Å²) in [5, 5.41) is 4.68. The second-order valence-corrected chi connectivity index (χ2v) is 6.98. The van der Waals surface area contributed by atoms with Crippen LogP contribution in [0.15, 0.2) is 34.8 Å². The maximum absolute atomic E-state index is 6.02. The first kappa shape index (κ1) is 14.8. The summed E-state index contributed by atoms with van der Waals surface area (Å²) in [4.78, 5) is 10.8. The first-order valence-electron chi connectivity index (χ1n) is 6.60. The van der Waals surface area contributed by atoms with Crippen molar-refractivity contribution in [3.63, 3.8) is 0 Å². The van der Waals surface area contributed by atoms with Crippen molar-refractivity contribution in [3.05, 3.63) is 50.5 Å². The van der Waals surface area contributed by atoms with Crippen molar-refractivity contribution in [3.8, 4) is 0 Å². The second-order valence-electron chi connectivity index (χ2n) is 4.61. The highest BCUT2D eigenvalue weighted by atomic mass is 79.9. The SMILES string of the molecule is CCc1cc2c(NCc3ccc(Br)cc3)nc(Cl)nc2s1. The van der Waals surface area contributed by atoms with Crippen LogP contribution < -0.4 is 5.32 Å². The van der Waals surface area contributed by atoms with E-state index in [2.05, 4.69) is 56.3 Å². The number of anilines is 1. The molecule has 0 bridgehead atoms. The Labute approximate surface area is 140 Å². The Balaban J connectivity index is 1.88. The van der Waals surface area contributed by atoms with Crippen molar-refractivity contribution in [2.75, 3.05) is 5.32 Å². The van der Waals surface area contributed by atoms with E-state index in [1.54, 1.807) is 11.3 Å². The van der Waals surface area contributed by atoms with E-state index in [4.69, 9.17) is 11.6 Å². The average molecular weight is 383 g/mol. The topological polar surface area (TPSA) is 37.8 Å². The van der Waals surface area contributed by atoms with Gasteiger partial charge in [0.25, 0.3) is 0 Å². The number of hydrogen-bond donors (Lipinski definition) is 1. The minimum Gasteiger partial charge on any atom is -0.365 e. The molecule has 0 fully saturated rings. The van der Waals surface area contributed by atoms with Crippen LogP contribution in [-0.4, -0.2) is 9.97 Å². The molecule has 0 spiro atoms. The van der Waals surface area contributed by atoms with Crippen LogP contribution in [-0.2, 0) is 13.0 Å². The third-order valence-electron chi connectivity index (χ3n) is 3.14. The predicted octanol–water partition coefficient (Wildman–Crippen LogP) is 5.28. The molecule has 2 heterocycles. The molecule has 21 heavy (non-hydrogen) atoms. The lowest BCUT2D eigenvalue weighted by Crippen LogP contribution is -2.02. The molecule has 0 unspecified atom stereocenters. The summed E-state index contributed by atoms with van der Waals surface area (Å²) in [5.74, 6) is 0.795. The van der Waals surface area contributed by atoms with Crippen LogP contribution in [0.3, 0.4) is 0 Å². The van der Waals surface area contributed by atoms with Gasteiger partial charge in [0.2, 0.25) is 5.28 Å². The van der Waals surface area contributed by atoms with Crippen molar-refractivity contribution < 1.29 is 0 Å². The van der Waals surface area contributed by atoms with Crippen molar-refractivity contribution in [1.29, 1.82) is 0 Å². The highest BCUT2D eigenvalue weighted by Gasteiger charge is 2.10. The van der Waals surface area contributed by atoms with Crippen LogP contribution in [0.1, 0.15) is 17.4 Å². The van der Waals surface area contributed by atoms with Crippen molar-refractivity contribution in [1.82, 2.24) is 9.97 Å². The van der Waals surface area contributed by atoms with Crippen LogP contribution in [0.5, 0.6) is 0 Å². The first-order valence-corrected chi connectivity index (χ1v) is 8.58. The molecule has 0 atom stereocenters. The maximum Gasteiger partial charge on any atom is 0.225 e. The predicted molar refractivity (Wildman–Crippen MR) is 93.3 cm³/mol. The van der Waals surface area contributed by atoms with Crippen molar-refractivity contribution in [2.24, 2.45) is 0 Å². The zero-order chi connectivity index (χ0) is 14.8. The van der Waals surface area contributed by atoms with Gasteiger partial charge in [-0.1, -0.05) is 35.0 Å². The molecular formula is C15H13BrClN3S. The number of aromatic nitrogens is 2. The van der Waals surface area contributed by atoms with E-state index in [-0.39, 0.29) is 5.28 Å². The van der Waals surface area contributed by atoms with E-state index in [1.807, 2.05) is 12.1 Å². The van der Waals surface area contributed by atoms with Gasteiger partial charge in [0.15, 0.2) is 0 Å². The zero-order valence-corrected chi connectivity index (χ0v) is 14.5. The van der Waals surface area contributed by atoms with E-state index in [0.29, 0.717) is 6.54 Å². The lowest BCUT2D eigenvalue weighted by molar-refractivity contribution is 1.10.